The average molecular weight is 373 g/mol. The summed E-state index contributed by atoms with van der Waals surface area (Å²) in [5.41, 5.74) is 2.69. The minimum absolute atomic E-state index is 0.0263. The number of nitrogens with zero attached hydrogens (tertiary/aromatic N) is 5. The third-order valence-electron chi connectivity index (χ3n) is 4.75. The largest absolute Gasteiger partial charge is 0.334 e. The molecule has 0 radical (unpaired) electrons. The highest BCUT2D eigenvalue weighted by atomic mass is 35.5. The Morgan fingerprint density at radius 2 is 2.00 bits per heavy atom. The van der Waals surface area contributed by atoms with Crippen molar-refractivity contribution in [1.82, 2.24) is 29.8 Å². The van der Waals surface area contributed by atoms with Gasteiger partial charge in [0.05, 0.1) is 24.1 Å². The molecule has 0 saturated carbocycles. The second-order valence-corrected chi connectivity index (χ2v) is 7.04. The van der Waals surface area contributed by atoms with Crippen LogP contribution < -0.4 is 5.32 Å². The molecule has 0 bridgehead atoms. The number of fused-ring (bicyclic) bond motifs is 1. The van der Waals surface area contributed by atoms with E-state index in [1.807, 2.05) is 35.0 Å². The predicted octanol–water partition coefficient (Wildman–Crippen LogP) is 3.11. The van der Waals surface area contributed by atoms with E-state index in [0.29, 0.717) is 11.6 Å². The van der Waals surface area contributed by atoms with E-state index >= 15 is 0 Å². The first-order valence-electron chi connectivity index (χ1n) is 8.80. The van der Waals surface area contributed by atoms with Gasteiger partial charge < -0.3 is 10.2 Å². The van der Waals surface area contributed by atoms with Crippen LogP contribution in [0.15, 0.2) is 30.7 Å². The van der Waals surface area contributed by atoms with Crippen LogP contribution in [0, 0.1) is 0 Å². The first-order chi connectivity index (χ1) is 12.6. The number of carbonyl (C=O) groups is 1. The molecule has 3 aromatic rings. The summed E-state index contributed by atoms with van der Waals surface area (Å²) in [4.78, 5) is 14.2. The molecule has 1 saturated heterocycles. The van der Waals surface area contributed by atoms with E-state index in [0.717, 1.165) is 48.1 Å². The smallest absolute Gasteiger partial charge is 0.317 e. The summed E-state index contributed by atoms with van der Waals surface area (Å²) in [5, 5.41) is 13.2. The van der Waals surface area contributed by atoms with Gasteiger partial charge in [-0.25, -0.2) is 9.48 Å². The summed E-state index contributed by atoms with van der Waals surface area (Å²) in [6.07, 6.45) is 8.79. The minimum atomic E-state index is -0.0263. The van der Waals surface area contributed by atoms with Crippen molar-refractivity contribution in [2.24, 2.45) is 7.05 Å². The molecule has 2 aromatic heterocycles. The van der Waals surface area contributed by atoms with Crippen molar-refractivity contribution in [2.75, 3.05) is 13.1 Å². The van der Waals surface area contributed by atoms with E-state index in [1.165, 1.54) is 6.42 Å². The fourth-order valence-electron chi connectivity index (χ4n) is 3.33. The molecule has 1 aliphatic heterocycles. The number of hydrogen-bond donors (Lipinski definition) is 1. The Balaban J connectivity index is 1.57. The molecule has 1 aliphatic rings. The Labute approximate surface area is 156 Å². The molecular formula is C18H21ClN6O. The second kappa shape index (κ2) is 6.99. The number of urea groups is 1. The van der Waals surface area contributed by atoms with Gasteiger partial charge in [0.25, 0.3) is 0 Å². The number of nitrogens with one attached hydrogen (secondary N) is 1. The van der Waals surface area contributed by atoms with E-state index in [4.69, 9.17) is 11.6 Å². The van der Waals surface area contributed by atoms with Crippen molar-refractivity contribution in [3.8, 4) is 5.69 Å². The number of aromatic nitrogens is 4. The van der Waals surface area contributed by atoms with E-state index < -0.39 is 0 Å². The molecule has 0 unspecified atom stereocenters. The summed E-state index contributed by atoms with van der Waals surface area (Å²) in [6.45, 7) is 2.04. The van der Waals surface area contributed by atoms with Gasteiger partial charge in [0.15, 0.2) is 0 Å². The SMILES string of the molecule is Cn1cc(-n2ncc3cc(Cl)c(CNC(=O)N4CCCCC4)cc32)cn1. The molecule has 136 valence electrons. The normalized spacial score (nSPS) is 14.8. The molecule has 2 amide bonds. The average Bonchev–Trinajstić information content (AvgIpc) is 3.25. The lowest BCUT2D eigenvalue weighted by Crippen LogP contribution is -2.42. The Bertz CT molecular complexity index is 940. The van der Waals surface area contributed by atoms with Crippen LogP contribution in [0.1, 0.15) is 24.8 Å². The highest BCUT2D eigenvalue weighted by molar-refractivity contribution is 6.32. The van der Waals surface area contributed by atoms with Crippen LogP contribution in [-0.2, 0) is 13.6 Å². The highest BCUT2D eigenvalue weighted by Gasteiger charge is 2.17. The van der Waals surface area contributed by atoms with Gasteiger partial charge in [0, 0.05) is 37.1 Å². The van der Waals surface area contributed by atoms with Crippen LogP contribution in [0.5, 0.6) is 0 Å². The van der Waals surface area contributed by atoms with Gasteiger partial charge in [-0.2, -0.15) is 10.2 Å². The molecule has 7 nitrogen and oxygen atoms in total. The van der Waals surface area contributed by atoms with Crippen LogP contribution in [0.25, 0.3) is 16.6 Å². The molecule has 0 aliphatic carbocycles. The highest BCUT2D eigenvalue weighted by Crippen LogP contribution is 2.26. The number of halogens is 1. The number of hydrogen-bond acceptors (Lipinski definition) is 3. The van der Waals surface area contributed by atoms with Crippen LogP contribution in [-0.4, -0.2) is 43.6 Å². The van der Waals surface area contributed by atoms with Gasteiger partial charge in [-0.15, -0.1) is 0 Å². The molecule has 4 rings (SSSR count). The summed E-state index contributed by atoms with van der Waals surface area (Å²) in [7, 11) is 1.87. The standard InChI is InChI=1S/C18H21ClN6O/c1-23-12-15(11-21-23)25-17-8-13(16(19)7-14(17)10-22-25)9-20-18(26)24-5-3-2-4-6-24/h7-8,10-12H,2-6,9H2,1H3,(H,20,26). The zero-order chi connectivity index (χ0) is 18.1. The molecular weight excluding hydrogens is 352 g/mol. The fourth-order valence-corrected chi connectivity index (χ4v) is 3.57. The third-order valence-corrected chi connectivity index (χ3v) is 5.10. The first kappa shape index (κ1) is 16.9. The molecule has 1 fully saturated rings. The number of carbonyl (C=O) groups excluding carboxylic acids is 1. The van der Waals surface area contributed by atoms with Crippen molar-refractivity contribution in [3.63, 3.8) is 0 Å². The summed E-state index contributed by atoms with van der Waals surface area (Å²) in [6, 6.07) is 3.84. The van der Waals surface area contributed by atoms with Gasteiger partial charge in [-0.3, -0.25) is 4.68 Å². The molecule has 1 aromatic carbocycles. The lowest BCUT2D eigenvalue weighted by Gasteiger charge is -2.26. The Hall–Kier alpha value is -2.54. The molecule has 3 heterocycles. The fraction of sp³-hybridized carbons (Fsp3) is 0.389. The predicted molar refractivity (Wildman–Crippen MR) is 101 cm³/mol. The van der Waals surface area contributed by atoms with Crippen molar-refractivity contribution in [3.05, 3.63) is 41.3 Å². The van der Waals surface area contributed by atoms with Gasteiger partial charge in [-0.05, 0) is 37.0 Å². The molecule has 0 atom stereocenters. The summed E-state index contributed by atoms with van der Waals surface area (Å²) < 4.78 is 3.56. The maximum absolute atomic E-state index is 12.3. The first-order valence-corrected chi connectivity index (χ1v) is 9.17. The maximum Gasteiger partial charge on any atom is 0.317 e. The summed E-state index contributed by atoms with van der Waals surface area (Å²) >= 11 is 6.41. The van der Waals surface area contributed by atoms with Crippen molar-refractivity contribution >= 4 is 28.5 Å². The van der Waals surface area contributed by atoms with E-state index in [-0.39, 0.29) is 6.03 Å². The summed E-state index contributed by atoms with van der Waals surface area (Å²) in [5.74, 6) is 0. The quantitative estimate of drug-likeness (QED) is 0.768. The zero-order valence-corrected chi connectivity index (χ0v) is 15.4. The maximum atomic E-state index is 12.3. The van der Waals surface area contributed by atoms with E-state index in [2.05, 4.69) is 15.5 Å². The van der Waals surface area contributed by atoms with Gasteiger partial charge >= 0.3 is 6.03 Å². The number of likely N-dealkylation sites (tertiary alicyclic amines) is 1. The van der Waals surface area contributed by atoms with Crippen LogP contribution in [0.2, 0.25) is 5.02 Å². The topological polar surface area (TPSA) is 68.0 Å². The van der Waals surface area contributed by atoms with Gasteiger partial charge in [0.2, 0.25) is 0 Å². The minimum Gasteiger partial charge on any atom is -0.334 e. The number of amides is 2. The lowest BCUT2D eigenvalue weighted by molar-refractivity contribution is 0.186. The van der Waals surface area contributed by atoms with Gasteiger partial charge in [0.1, 0.15) is 5.69 Å². The van der Waals surface area contributed by atoms with Crippen molar-refractivity contribution < 1.29 is 4.79 Å². The number of aryl methyl sites for hydroxylation is 1. The molecule has 26 heavy (non-hydrogen) atoms. The molecule has 0 spiro atoms. The van der Waals surface area contributed by atoms with Crippen molar-refractivity contribution in [2.45, 2.75) is 25.8 Å². The number of rotatable bonds is 3. The number of piperidine rings is 1. The zero-order valence-electron chi connectivity index (χ0n) is 14.7. The third kappa shape index (κ3) is 3.26. The Morgan fingerprint density at radius 1 is 1.19 bits per heavy atom. The van der Waals surface area contributed by atoms with E-state index in [9.17, 15) is 4.79 Å². The van der Waals surface area contributed by atoms with Crippen LogP contribution >= 0.6 is 11.6 Å². The monoisotopic (exact) mass is 372 g/mol. The van der Waals surface area contributed by atoms with Gasteiger partial charge in [-0.1, -0.05) is 11.6 Å². The second-order valence-electron chi connectivity index (χ2n) is 6.64. The lowest BCUT2D eigenvalue weighted by atomic mass is 10.1. The van der Waals surface area contributed by atoms with Crippen LogP contribution in [0.4, 0.5) is 4.79 Å². The van der Waals surface area contributed by atoms with E-state index in [1.54, 1.807) is 17.1 Å². The number of benzene rings is 1. The van der Waals surface area contributed by atoms with Crippen LogP contribution in [0.3, 0.4) is 0 Å². The van der Waals surface area contributed by atoms with Crippen molar-refractivity contribution in [1.29, 1.82) is 0 Å². The Kier molecular flexibility index (Phi) is 4.55. The molecule has 8 heteroatoms. The Morgan fingerprint density at radius 3 is 2.73 bits per heavy atom. The molecule has 1 N–H and O–H groups in total.